The Morgan fingerprint density at radius 3 is 2.62 bits per heavy atom. The zero-order valence-corrected chi connectivity index (χ0v) is 14.8. The van der Waals surface area contributed by atoms with Crippen LogP contribution in [0, 0.1) is 0 Å². The van der Waals surface area contributed by atoms with Crippen molar-refractivity contribution >= 4 is 11.6 Å². The van der Waals surface area contributed by atoms with Crippen LogP contribution in [0.1, 0.15) is 26.7 Å². The van der Waals surface area contributed by atoms with E-state index >= 15 is 0 Å². The first kappa shape index (κ1) is 20.2. The number of amides is 1. The summed E-state index contributed by atoms with van der Waals surface area (Å²) < 4.78 is 5.85. The molecule has 2 unspecified atom stereocenters. The van der Waals surface area contributed by atoms with Gasteiger partial charge in [0.2, 0.25) is 5.91 Å². The maximum absolute atomic E-state index is 11.0. The van der Waals surface area contributed by atoms with Crippen molar-refractivity contribution in [1.29, 1.82) is 0 Å². The number of carbonyl (C=O) groups excluding carboxylic acids is 1. The van der Waals surface area contributed by atoms with Crippen molar-refractivity contribution in [1.82, 2.24) is 5.32 Å². The lowest BCUT2D eigenvalue weighted by molar-refractivity contribution is -0.116. The van der Waals surface area contributed by atoms with Crippen LogP contribution in [-0.4, -0.2) is 49.5 Å². The maximum atomic E-state index is 11.0. The third kappa shape index (κ3) is 8.70. The molecule has 5 heteroatoms. The molecule has 0 heterocycles. The highest BCUT2D eigenvalue weighted by Gasteiger charge is 2.13. The first-order chi connectivity index (χ1) is 11.5. The minimum atomic E-state index is -0.397. The maximum Gasteiger partial charge on any atom is 0.243 e. The molecule has 0 saturated heterocycles. The SMILES string of the molecule is C=CC(=O)NCCCCOC(C)CN(CC(C)O)c1ccccc1. The molecule has 0 saturated carbocycles. The molecule has 1 amide bonds. The van der Waals surface area contributed by atoms with Gasteiger partial charge in [0.15, 0.2) is 0 Å². The van der Waals surface area contributed by atoms with E-state index in [-0.39, 0.29) is 12.0 Å². The second kappa shape index (κ2) is 11.6. The van der Waals surface area contributed by atoms with Crippen molar-refractivity contribution in [2.75, 3.05) is 31.1 Å². The van der Waals surface area contributed by atoms with E-state index in [1.165, 1.54) is 6.08 Å². The third-order valence-corrected chi connectivity index (χ3v) is 3.54. The lowest BCUT2D eigenvalue weighted by Gasteiger charge is -2.29. The quantitative estimate of drug-likeness (QED) is 0.455. The Morgan fingerprint density at radius 1 is 1.29 bits per heavy atom. The minimum Gasteiger partial charge on any atom is -0.392 e. The molecule has 0 aliphatic heterocycles. The largest absolute Gasteiger partial charge is 0.392 e. The fourth-order valence-electron chi connectivity index (χ4n) is 2.40. The number of ether oxygens (including phenoxy) is 1. The lowest BCUT2D eigenvalue weighted by Crippen LogP contribution is -2.37. The van der Waals surface area contributed by atoms with Crippen LogP contribution in [0.5, 0.6) is 0 Å². The molecule has 0 spiro atoms. The smallest absolute Gasteiger partial charge is 0.243 e. The highest BCUT2D eigenvalue weighted by molar-refractivity contribution is 5.86. The number of nitrogens with zero attached hydrogens (tertiary/aromatic N) is 1. The molecule has 1 rings (SSSR count). The summed E-state index contributed by atoms with van der Waals surface area (Å²) in [4.78, 5) is 13.1. The van der Waals surface area contributed by atoms with Crippen molar-refractivity contribution in [2.24, 2.45) is 0 Å². The summed E-state index contributed by atoms with van der Waals surface area (Å²) in [6.45, 7) is 9.84. The molecule has 0 bridgehead atoms. The summed E-state index contributed by atoms with van der Waals surface area (Å²) in [5, 5.41) is 12.5. The van der Waals surface area contributed by atoms with Crippen LogP contribution in [0.15, 0.2) is 43.0 Å². The molecule has 134 valence electrons. The lowest BCUT2D eigenvalue weighted by atomic mass is 10.2. The summed E-state index contributed by atoms with van der Waals surface area (Å²) in [5.74, 6) is -0.138. The number of para-hydroxylation sites is 1. The average Bonchev–Trinajstić information content (AvgIpc) is 2.57. The number of rotatable bonds is 12. The fourth-order valence-corrected chi connectivity index (χ4v) is 2.40. The fraction of sp³-hybridized carbons (Fsp3) is 0.526. The number of hydrogen-bond donors (Lipinski definition) is 2. The van der Waals surface area contributed by atoms with E-state index < -0.39 is 6.10 Å². The normalized spacial score (nSPS) is 13.1. The molecule has 24 heavy (non-hydrogen) atoms. The van der Waals surface area contributed by atoms with Crippen molar-refractivity contribution in [2.45, 2.75) is 38.9 Å². The van der Waals surface area contributed by atoms with Crippen LogP contribution in [0.2, 0.25) is 0 Å². The van der Waals surface area contributed by atoms with Crippen LogP contribution in [0.4, 0.5) is 5.69 Å². The molecule has 5 nitrogen and oxygen atoms in total. The molecule has 0 aliphatic rings. The number of carbonyl (C=O) groups is 1. The minimum absolute atomic E-state index is 0.0618. The number of anilines is 1. The Balaban J connectivity index is 2.31. The van der Waals surface area contributed by atoms with Gasteiger partial charge in [-0.3, -0.25) is 4.79 Å². The predicted octanol–water partition coefficient (Wildman–Crippen LogP) is 2.36. The highest BCUT2D eigenvalue weighted by atomic mass is 16.5. The topological polar surface area (TPSA) is 61.8 Å². The predicted molar refractivity (Wildman–Crippen MR) is 98.2 cm³/mol. The van der Waals surface area contributed by atoms with Crippen molar-refractivity contribution in [3.63, 3.8) is 0 Å². The van der Waals surface area contributed by atoms with Gasteiger partial charge in [0.05, 0.1) is 12.2 Å². The van der Waals surface area contributed by atoms with Gasteiger partial charge in [0, 0.05) is 31.9 Å². The first-order valence-electron chi connectivity index (χ1n) is 8.53. The van der Waals surface area contributed by atoms with Crippen LogP contribution in [0.25, 0.3) is 0 Å². The second-order valence-corrected chi connectivity index (χ2v) is 5.97. The Kier molecular flexibility index (Phi) is 9.80. The molecule has 1 aromatic carbocycles. The van der Waals surface area contributed by atoms with E-state index in [4.69, 9.17) is 4.74 Å². The number of aliphatic hydroxyl groups is 1. The van der Waals surface area contributed by atoms with E-state index in [1.54, 1.807) is 6.92 Å². The molecule has 1 aromatic rings. The number of benzene rings is 1. The van der Waals surface area contributed by atoms with E-state index in [0.717, 1.165) is 25.1 Å². The van der Waals surface area contributed by atoms with Gasteiger partial charge < -0.3 is 20.1 Å². The Morgan fingerprint density at radius 2 is 2.00 bits per heavy atom. The number of aliphatic hydroxyl groups excluding tert-OH is 1. The monoisotopic (exact) mass is 334 g/mol. The van der Waals surface area contributed by atoms with Gasteiger partial charge >= 0.3 is 0 Å². The zero-order chi connectivity index (χ0) is 17.8. The molecular formula is C19H30N2O3. The van der Waals surface area contributed by atoms with Gasteiger partial charge in [-0.05, 0) is 44.9 Å². The van der Waals surface area contributed by atoms with E-state index in [0.29, 0.717) is 19.7 Å². The van der Waals surface area contributed by atoms with Gasteiger partial charge in [-0.1, -0.05) is 24.8 Å². The Bertz CT molecular complexity index is 477. The summed E-state index contributed by atoms with van der Waals surface area (Å²) >= 11 is 0. The van der Waals surface area contributed by atoms with Gasteiger partial charge in [-0.25, -0.2) is 0 Å². The van der Waals surface area contributed by atoms with Gasteiger partial charge in [-0.15, -0.1) is 0 Å². The molecular weight excluding hydrogens is 304 g/mol. The van der Waals surface area contributed by atoms with Crippen LogP contribution in [-0.2, 0) is 9.53 Å². The molecule has 0 fully saturated rings. The number of hydrogen-bond acceptors (Lipinski definition) is 4. The van der Waals surface area contributed by atoms with Gasteiger partial charge in [-0.2, -0.15) is 0 Å². The summed E-state index contributed by atoms with van der Waals surface area (Å²) in [6.07, 6.45) is 2.71. The van der Waals surface area contributed by atoms with E-state index in [2.05, 4.69) is 16.8 Å². The molecule has 0 aliphatic carbocycles. The zero-order valence-electron chi connectivity index (χ0n) is 14.8. The Labute approximate surface area is 145 Å². The summed E-state index contributed by atoms with van der Waals surface area (Å²) in [6, 6.07) is 10.0. The van der Waals surface area contributed by atoms with Crippen LogP contribution < -0.4 is 10.2 Å². The highest BCUT2D eigenvalue weighted by Crippen LogP contribution is 2.15. The van der Waals surface area contributed by atoms with Crippen LogP contribution in [0.3, 0.4) is 0 Å². The first-order valence-corrected chi connectivity index (χ1v) is 8.53. The standard InChI is InChI=1S/C19H30N2O3/c1-4-19(23)20-12-8-9-13-24-17(3)15-21(14-16(2)22)18-10-6-5-7-11-18/h4-7,10-11,16-17,22H,1,8-9,12-15H2,2-3H3,(H,20,23). The Hall–Kier alpha value is -1.85. The van der Waals surface area contributed by atoms with E-state index in [9.17, 15) is 9.90 Å². The molecule has 0 aromatic heterocycles. The van der Waals surface area contributed by atoms with E-state index in [1.807, 2.05) is 37.3 Å². The average molecular weight is 334 g/mol. The van der Waals surface area contributed by atoms with Gasteiger partial charge in [0.25, 0.3) is 0 Å². The summed E-state index contributed by atoms with van der Waals surface area (Å²) in [5.41, 5.74) is 1.08. The number of unbranched alkanes of at least 4 members (excludes halogenated alkanes) is 1. The van der Waals surface area contributed by atoms with Crippen molar-refractivity contribution in [3.8, 4) is 0 Å². The number of nitrogens with one attached hydrogen (secondary N) is 1. The third-order valence-electron chi connectivity index (χ3n) is 3.54. The van der Waals surface area contributed by atoms with Crippen molar-refractivity contribution in [3.05, 3.63) is 43.0 Å². The van der Waals surface area contributed by atoms with Gasteiger partial charge in [0.1, 0.15) is 0 Å². The van der Waals surface area contributed by atoms with Crippen molar-refractivity contribution < 1.29 is 14.6 Å². The molecule has 0 radical (unpaired) electrons. The molecule has 2 N–H and O–H groups in total. The second-order valence-electron chi connectivity index (χ2n) is 5.97. The molecule has 2 atom stereocenters. The van der Waals surface area contributed by atoms with Crippen LogP contribution >= 0.6 is 0 Å². The summed E-state index contributed by atoms with van der Waals surface area (Å²) in [7, 11) is 0.